The van der Waals surface area contributed by atoms with Gasteiger partial charge in [-0.15, -0.1) is 0 Å². The number of para-hydroxylation sites is 1. The zero-order chi connectivity index (χ0) is 9.12. The molecule has 0 amide bonds. The fourth-order valence-electron chi connectivity index (χ4n) is 2.39. The molecule has 1 unspecified atom stereocenters. The van der Waals surface area contributed by atoms with Gasteiger partial charge < -0.3 is 4.98 Å². The van der Waals surface area contributed by atoms with Crippen LogP contribution < -0.4 is 0 Å². The molecule has 1 aromatic carbocycles. The molecule has 0 saturated heterocycles. The van der Waals surface area contributed by atoms with Gasteiger partial charge in [-0.25, -0.2) is 0 Å². The molecule has 3 heterocycles. The molecule has 2 aliphatic heterocycles. The first-order valence-electron chi connectivity index (χ1n) is 4.80. The van der Waals surface area contributed by atoms with Crippen molar-refractivity contribution in [1.82, 2.24) is 4.98 Å². The summed E-state index contributed by atoms with van der Waals surface area (Å²) in [6.07, 6.45) is 4.26. The molecule has 0 radical (unpaired) electrons. The first kappa shape index (κ1) is 6.60. The van der Waals surface area contributed by atoms with E-state index in [0.29, 0.717) is 0 Å². The number of benzene rings is 1. The van der Waals surface area contributed by atoms with Crippen LogP contribution in [0.3, 0.4) is 0 Å². The number of nitrogens with one attached hydrogen (secondary N) is 1. The summed E-state index contributed by atoms with van der Waals surface area (Å²) in [6.45, 7) is 0. The van der Waals surface area contributed by atoms with Crippen molar-refractivity contribution in [3.63, 3.8) is 0 Å². The van der Waals surface area contributed by atoms with Crippen LogP contribution in [0.4, 0.5) is 0 Å². The maximum Gasteiger partial charge on any atom is 1.00 e. The molecule has 2 bridgehead atoms. The van der Waals surface area contributed by atoms with Crippen LogP contribution in [0.2, 0.25) is 0 Å². The van der Waals surface area contributed by atoms with Crippen molar-refractivity contribution in [2.24, 2.45) is 4.99 Å². The molecule has 2 aliphatic rings. The van der Waals surface area contributed by atoms with E-state index in [-0.39, 0.29) is 7.47 Å². The van der Waals surface area contributed by atoms with E-state index in [9.17, 15) is 0 Å². The Bertz CT molecular complexity index is 607. The van der Waals surface area contributed by atoms with Gasteiger partial charge in [-0.2, -0.15) is 0 Å². The van der Waals surface area contributed by atoms with Crippen LogP contribution in [0, 0.1) is 0 Å². The first-order chi connectivity index (χ1) is 6.93. The minimum absolute atomic E-state index is 0. The Kier molecular flexibility index (Phi) is 0.932. The van der Waals surface area contributed by atoms with Crippen molar-refractivity contribution in [2.75, 3.05) is 0 Å². The summed E-state index contributed by atoms with van der Waals surface area (Å²) in [5, 5.41) is 1.30. The molecule has 1 N–H and O–H groups in total. The topological polar surface area (TPSA) is 28.1 Å². The maximum atomic E-state index is 4.55. The molecule has 0 aliphatic carbocycles. The van der Waals surface area contributed by atoms with Crippen molar-refractivity contribution in [1.29, 1.82) is 0 Å². The van der Waals surface area contributed by atoms with E-state index in [0.717, 1.165) is 5.71 Å². The maximum absolute atomic E-state index is 4.55. The Morgan fingerprint density at radius 1 is 1.29 bits per heavy atom. The largest absolute Gasteiger partial charge is 1.00 e. The predicted octanol–water partition coefficient (Wildman–Crippen LogP) is 2.69. The van der Waals surface area contributed by atoms with Crippen LogP contribution >= 0.6 is 0 Å². The first-order valence-corrected chi connectivity index (χ1v) is 4.80. The van der Waals surface area contributed by atoms with Crippen LogP contribution in [0.25, 0.3) is 10.9 Å². The van der Waals surface area contributed by atoms with E-state index in [1.165, 1.54) is 22.2 Å². The molecular formula is C12H9N2+. The smallest absolute Gasteiger partial charge is 0.356 e. The molecule has 0 saturated carbocycles. The van der Waals surface area contributed by atoms with Crippen LogP contribution in [-0.2, 0) is 0 Å². The highest BCUT2D eigenvalue weighted by Crippen LogP contribution is 2.39. The van der Waals surface area contributed by atoms with Crippen LogP contribution in [0.5, 0.6) is 0 Å². The highest BCUT2D eigenvalue weighted by atomic mass is 14.9. The molecule has 2 nitrogen and oxygen atoms in total. The number of hydrogen-bond acceptors (Lipinski definition) is 1. The van der Waals surface area contributed by atoms with E-state index in [2.05, 4.69) is 46.4 Å². The Morgan fingerprint density at radius 2 is 2.21 bits per heavy atom. The number of allylic oxidation sites excluding steroid dienone is 1. The summed E-state index contributed by atoms with van der Waals surface area (Å²) >= 11 is 0. The summed E-state index contributed by atoms with van der Waals surface area (Å²) in [5.74, 6) is 0. The minimum atomic E-state index is 0. The monoisotopic (exact) mass is 181 g/mol. The average Bonchev–Trinajstić information content (AvgIpc) is 2.88. The van der Waals surface area contributed by atoms with Gasteiger partial charge in [0.25, 0.3) is 0 Å². The van der Waals surface area contributed by atoms with Gasteiger partial charge in [0, 0.05) is 16.5 Å². The summed E-state index contributed by atoms with van der Waals surface area (Å²) in [6, 6.07) is 8.67. The molecule has 14 heavy (non-hydrogen) atoms. The molecular weight excluding hydrogens is 172 g/mol. The van der Waals surface area contributed by atoms with Gasteiger partial charge in [-0.1, -0.05) is 24.3 Å². The van der Waals surface area contributed by atoms with Crippen molar-refractivity contribution in [3.8, 4) is 0 Å². The molecule has 2 aromatic rings. The molecule has 2 heteroatoms. The van der Waals surface area contributed by atoms with Crippen molar-refractivity contribution in [2.45, 2.75) is 6.04 Å². The third-order valence-electron chi connectivity index (χ3n) is 3.00. The Hall–Kier alpha value is -1.83. The van der Waals surface area contributed by atoms with Crippen LogP contribution in [0.15, 0.2) is 41.4 Å². The normalized spacial score (nSPS) is 21.7. The fourth-order valence-corrected chi connectivity index (χ4v) is 2.39. The number of fused-ring (bicyclic) bond motifs is 6. The second-order valence-electron chi connectivity index (χ2n) is 3.78. The number of hydrogen-bond donors (Lipinski definition) is 1. The number of aliphatic imine (C=N–C) groups is 1. The van der Waals surface area contributed by atoms with Gasteiger partial charge in [-0.3, -0.25) is 4.99 Å². The second kappa shape index (κ2) is 1.98. The lowest BCUT2D eigenvalue weighted by atomic mass is 10.0. The third kappa shape index (κ3) is 0.587. The van der Waals surface area contributed by atoms with E-state index < -0.39 is 0 Å². The number of rotatable bonds is 0. The number of H-pyrrole nitrogens is 1. The third-order valence-corrected chi connectivity index (χ3v) is 3.00. The van der Waals surface area contributed by atoms with Gasteiger partial charge in [0.2, 0.25) is 0 Å². The van der Waals surface area contributed by atoms with E-state index in [4.69, 9.17) is 0 Å². The Morgan fingerprint density at radius 3 is 3.21 bits per heavy atom. The average molecular weight is 181 g/mol. The highest BCUT2D eigenvalue weighted by molar-refractivity contribution is 6.20. The molecule has 0 fully saturated rings. The molecule has 1 aromatic heterocycles. The Balaban J connectivity index is 0.000000722. The van der Waals surface area contributed by atoms with Crippen molar-refractivity contribution < 1.29 is 1.43 Å². The van der Waals surface area contributed by atoms with E-state index >= 15 is 0 Å². The lowest BCUT2D eigenvalue weighted by Crippen LogP contribution is -1.95. The zero-order valence-electron chi connectivity index (χ0n) is 8.49. The van der Waals surface area contributed by atoms with Crippen molar-refractivity contribution in [3.05, 3.63) is 47.7 Å². The predicted molar refractivity (Wildman–Crippen MR) is 57.8 cm³/mol. The van der Waals surface area contributed by atoms with Crippen molar-refractivity contribution >= 4 is 16.6 Å². The van der Waals surface area contributed by atoms with E-state index in [1.807, 2.05) is 0 Å². The van der Waals surface area contributed by atoms with E-state index in [1.54, 1.807) is 0 Å². The lowest BCUT2D eigenvalue weighted by molar-refractivity contribution is 0.915. The van der Waals surface area contributed by atoms with Gasteiger partial charge in [-0.05, 0) is 12.1 Å². The lowest BCUT2D eigenvalue weighted by Gasteiger charge is -2.00. The zero-order valence-corrected chi connectivity index (χ0v) is 7.49. The van der Waals surface area contributed by atoms with Gasteiger partial charge in [0.1, 0.15) is 6.04 Å². The highest BCUT2D eigenvalue weighted by Gasteiger charge is 2.30. The van der Waals surface area contributed by atoms with Gasteiger partial charge in [0.05, 0.1) is 11.4 Å². The summed E-state index contributed by atoms with van der Waals surface area (Å²) in [7, 11) is 0. The summed E-state index contributed by atoms with van der Waals surface area (Å²) in [5.41, 5.74) is 4.94. The summed E-state index contributed by atoms with van der Waals surface area (Å²) < 4.78 is 0. The second-order valence-corrected chi connectivity index (χ2v) is 3.78. The standard InChI is InChI=1S/C12H8N2/c1-2-4-8-7(3-1)11-9-5-6-10(13-9)12(11)14-8/h1-6,10,14H/p+1. The summed E-state index contributed by atoms with van der Waals surface area (Å²) in [4.78, 5) is 7.99. The van der Waals surface area contributed by atoms with Gasteiger partial charge >= 0.3 is 1.43 Å². The van der Waals surface area contributed by atoms with Crippen LogP contribution in [-0.4, -0.2) is 10.7 Å². The fraction of sp³-hybridized carbons (Fsp3) is 0.0833. The SMILES string of the molecule is C1=CC2N=C1c1c2[nH]c2ccccc12.[H+]. The van der Waals surface area contributed by atoms with Gasteiger partial charge in [0.15, 0.2) is 0 Å². The molecule has 66 valence electrons. The molecule has 1 atom stereocenters. The van der Waals surface area contributed by atoms with Crippen LogP contribution in [0.1, 0.15) is 18.7 Å². The number of aromatic amines is 1. The molecule has 4 rings (SSSR count). The minimum Gasteiger partial charge on any atom is -0.356 e. The molecule has 0 spiro atoms. The Labute approximate surface area is 82.5 Å². The number of nitrogens with zero attached hydrogens (tertiary/aromatic N) is 1. The number of aromatic nitrogens is 1. The quantitative estimate of drug-likeness (QED) is 0.647.